The third kappa shape index (κ3) is 2.93. The summed E-state index contributed by atoms with van der Waals surface area (Å²) in [4.78, 5) is 4.27. The molecule has 0 unspecified atom stereocenters. The molecule has 21 heavy (non-hydrogen) atoms. The van der Waals surface area contributed by atoms with Crippen molar-refractivity contribution in [3.8, 4) is 11.5 Å². The third-order valence-corrected chi connectivity index (χ3v) is 4.41. The Hall–Kier alpha value is -1.49. The quantitative estimate of drug-likeness (QED) is 0.457. The molecule has 0 aliphatic rings. The van der Waals surface area contributed by atoms with Gasteiger partial charge in [0.15, 0.2) is 0 Å². The SMILES string of the molecule is Nc1ccc2c(Oc3cc(Cl)c(Br)cc3Cl)ccnc2c1. The van der Waals surface area contributed by atoms with Crippen molar-refractivity contribution in [2.24, 2.45) is 0 Å². The molecule has 106 valence electrons. The average Bonchev–Trinajstić information content (AvgIpc) is 2.44. The van der Waals surface area contributed by atoms with Gasteiger partial charge < -0.3 is 10.5 Å². The second-order valence-corrected chi connectivity index (χ2v) is 6.05. The molecule has 0 bridgehead atoms. The Kier molecular flexibility index (Phi) is 3.93. The molecule has 6 heteroatoms. The molecule has 3 nitrogen and oxygen atoms in total. The molecule has 3 rings (SSSR count). The molecular weight excluding hydrogens is 375 g/mol. The molecule has 0 saturated carbocycles. The van der Waals surface area contributed by atoms with Crippen LogP contribution in [0.2, 0.25) is 10.0 Å². The van der Waals surface area contributed by atoms with E-state index in [0.717, 1.165) is 10.9 Å². The monoisotopic (exact) mass is 382 g/mol. The number of halogens is 3. The normalized spacial score (nSPS) is 10.8. The highest BCUT2D eigenvalue weighted by atomic mass is 79.9. The molecule has 0 radical (unpaired) electrons. The maximum atomic E-state index is 6.18. The average molecular weight is 384 g/mol. The van der Waals surface area contributed by atoms with Gasteiger partial charge in [-0.15, -0.1) is 0 Å². The summed E-state index contributed by atoms with van der Waals surface area (Å²) < 4.78 is 6.60. The summed E-state index contributed by atoms with van der Waals surface area (Å²) in [5.41, 5.74) is 7.17. The fraction of sp³-hybridized carbons (Fsp3) is 0. The van der Waals surface area contributed by atoms with E-state index in [0.29, 0.717) is 31.7 Å². The summed E-state index contributed by atoms with van der Waals surface area (Å²) in [5, 5.41) is 1.84. The largest absolute Gasteiger partial charge is 0.455 e. The van der Waals surface area contributed by atoms with E-state index in [4.69, 9.17) is 33.7 Å². The first kappa shape index (κ1) is 14.4. The van der Waals surface area contributed by atoms with E-state index in [2.05, 4.69) is 20.9 Å². The molecule has 0 fully saturated rings. The zero-order valence-corrected chi connectivity index (χ0v) is 13.7. The molecule has 0 aliphatic heterocycles. The van der Waals surface area contributed by atoms with Crippen LogP contribution < -0.4 is 10.5 Å². The molecule has 1 heterocycles. The van der Waals surface area contributed by atoms with Gasteiger partial charge in [-0.05, 0) is 46.3 Å². The molecule has 2 N–H and O–H groups in total. The predicted octanol–water partition coefficient (Wildman–Crippen LogP) is 5.68. The highest BCUT2D eigenvalue weighted by Gasteiger charge is 2.10. The Bertz CT molecular complexity index is 839. The van der Waals surface area contributed by atoms with Crippen molar-refractivity contribution in [1.82, 2.24) is 4.98 Å². The first-order valence-electron chi connectivity index (χ1n) is 6.01. The number of anilines is 1. The van der Waals surface area contributed by atoms with E-state index >= 15 is 0 Å². The van der Waals surface area contributed by atoms with E-state index in [1.807, 2.05) is 6.07 Å². The Morgan fingerprint density at radius 3 is 2.62 bits per heavy atom. The number of fused-ring (bicyclic) bond motifs is 1. The van der Waals surface area contributed by atoms with Gasteiger partial charge in [-0.3, -0.25) is 4.98 Å². The standard InChI is InChI=1S/C15H9BrCl2N2O/c16-10-6-12(18)15(7-11(10)17)21-14-3-4-20-13-5-8(19)1-2-9(13)14/h1-7H,19H2. The molecule has 0 aliphatic carbocycles. The van der Waals surface area contributed by atoms with Crippen molar-refractivity contribution in [2.45, 2.75) is 0 Å². The van der Waals surface area contributed by atoms with Gasteiger partial charge in [0, 0.05) is 27.8 Å². The smallest absolute Gasteiger partial charge is 0.147 e. The van der Waals surface area contributed by atoms with Crippen molar-refractivity contribution >= 4 is 55.7 Å². The number of benzene rings is 2. The molecule has 0 spiro atoms. The second kappa shape index (κ2) is 5.72. The van der Waals surface area contributed by atoms with E-state index in [-0.39, 0.29) is 0 Å². The van der Waals surface area contributed by atoms with Crippen LogP contribution >= 0.6 is 39.1 Å². The van der Waals surface area contributed by atoms with Gasteiger partial charge in [-0.1, -0.05) is 23.2 Å². The number of rotatable bonds is 2. The summed E-state index contributed by atoms with van der Waals surface area (Å²) in [5.74, 6) is 1.12. The van der Waals surface area contributed by atoms with Crippen LogP contribution in [0.1, 0.15) is 0 Å². The lowest BCUT2D eigenvalue weighted by atomic mass is 10.2. The van der Waals surface area contributed by atoms with Crippen LogP contribution in [0.3, 0.4) is 0 Å². The summed E-state index contributed by atoms with van der Waals surface area (Å²) in [6, 6.07) is 10.6. The van der Waals surface area contributed by atoms with Crippen LogP contribution in [-0.2, 0) is 0 Å². The molecule has 3 aromatic rings. The number of nitrogens with zero attached hydrogens (tertiary/aromatic N) is 1. The second-order valence-electron chi connectivity index (χ2n) is 4.38. The lowest BCUT2D eigenvalue weighted by Gasteiger charge is -2.11. The van der Waals surface area contributed by atoms with Crippen LogP contribution in [-0.4, -0.2) is 4.98 Å². The van der Waals surface area contributed by atoms with Gasteiger partial charge in [0.1, 0.15) is 11.5 Å². The minimum Gasteiger partial charge on any atom is -0.455 e. The van der Waals surface area contributed by atoms with Gasteiger partial charge in [0.25, 0.3) is 0 Å². The summed E-state index contributed by atoms with van der Waals surface area (Å²) in [7, 11) is 0. The number of hydrogen-bond acceptors (Lipinski definition) is 3. The molecular formula is C15H9BrCl2N2O. The maximum absolute atomic E-state index is 6.18. The summed E-state index contributed by atoms with van der Waals surface area (Å²) >= 11 is 15.6. The Labute approximate surface area is 139 Å². The van der Waals surface area contributed by atoms with Crippen LogP contribution in [0, 0.1) is 0 Å². The first-order chi connectivity index (χ1) is 10.0. The Balaban J connectivity index is 2.08. The summed E-state index contributed by atoms with van der Waals surface area (Å²) in [6.07, 6.45) is 1.66. The molecule has 2 aromatic carbocycles. The van der Waals surface area contributed by atoms with Crippen LogP contribution in [0.5, 0.6) is 11.5 Å². The van der Waals surface area contributed by atoms with Crippen LogP contribution in [0.4, 0.5) is 5.69 Å². The molecule has 1 aromatic heterocycles. The Morgan fingerprint density at radius 2 is 1.81 bits per heavy atom. The van der Waals surface area contributed by atoms with Gasteiger partial charge in [0.2, 0.25) is 0 Å². The topological polar surface area (TPSA) is 48.1 Å². The number of hydrogen-bond donors (Lipinski definition) is 1. The van der Waals surface area contributed by atoms with Gasteiger partial charge >= 0.3 is 0 Å². The van der Waals surface area contributed by atoms with Gasteiger partial charge in [-0.2, -0.15) is 0 Å². The van der Waals surface area contributed by atoms with Gasteiger partial charge in [0.05, 0.1) is 15.6 Å². The predicted molar refractivity (Wildman–Crippen MR) is 90.4 cm³/mol. The lowest BCUT2D eigenvalue weighted by molar-refractivity contribution is 0.488. The minimum absolute atomic E-state index is 0.465. The van der Waals surface area contributed by atoms with E-state index in [1.165, 1.54) is 0 Å². The van der Waals surface area contributed by atoms with Gasteiger partial charge in [-0.25, -0.2) is 0 Å². The lowest BCUT2D eigenvalue weighted by Crippen LogP contribution is -1.90. The number of nitrogen functional groups attached to an aromatic ring is 1. The van der Waals surface area contributed by atoms with Crippen molar-refractivity contribution < 1.29 is 4.74 Å². The molecule has 0 saturated heterocycles. The number of ether oxygens (including phenoxy) is 1. The van der Waals surface area contributed by atoms with Crippen molar-refractivity contribution in [3.05, 3.63) is 57.1 Å². The van der Waals surface area contributed by atoms with Crippen molar-refractivity contribution in [1.29, 1.82) is 0 Å². The Morgan fingerprint density at radius 1 is 1.00 bits per heavy atom. The maximum Gasteiger partial charge on any atom is 0.147 e. The van der Waals surface area contributed by atoms with Crippen LogP contribution in [0.25, 0.3) is 10.9 Å². The number of aromatic nitrogens is 1. The number of nitrogens with two attached hydrogens (primary N) is 1. The number of pyridine rings is 1. The van der Waals surface area contributed by atoms with Crippen LogP contribution in [0.15, 0.2) is 47.1 Å². The minimum atomic E-state index is 0.465. The van der Waals surface area contributed by atoms with E-state index < -0.39 is 0 Å². The van der Waals surface area contributed by atoms with E-state index in [9.17, 15) is 0 Å². The summed E-state index contributed by atoms with van der Waals surface area (Å²) in [6.45, 7) is 0. The highest BCUT2D eigenvalue weighted by Crippen LogP contribution is 2.38. The fourth-order valence-corrected chi connectivity index (χ4v) is 2.76. The molecule has 0 atom stereocenters. The fourth-order valence-electron chi connectivity index (χ4n) is 1.93. The van der Waals surface area contributed by atoms with Crippen molar-refractivity contribution in [3.63, 3.8) is 0 Å². The molecule has 0 amide bonds. The first-order valence-corrected chi connectivity index (χ1v) is 7.56. The van der Waals surface area contributed by atoms with E-state index in [1.54, 1.807) is 36.5 Å². The van der Waals surface area contributed by atoms with Crippen molar-refractivity contribution in [2.75, 3.05) is 5.73 Å². The third-order valence-electron chi connectivity index (χ3n) is 2.92. The highest BCUT2D eigenvalue weighted by molar-refractivity contribution is 9.10. The zero-order valence-electron chi connectivity index (χ0n) is 10.6. The zero-order chi connectivity index (χ0) is 15.0.